The molecule has 3 heterocycles. The number of hydrogen-bond donors (Lipinski definition) is 0. The van der Waals surface area contributed by atoms with E-state index in [2.05, 4.69) is 28.1 Å². The van der Waals surface area contributed by atoms with Gasteiger partial charge in [-0.3, -0.25) is 9.78 Å². The van der Waals surface area contributed by atoms with Crippen molar-refractivity contribution in [2.24, 2.45) is 5.41 Å². The molecule has 1 spiro atoms. The van der Waals surface area contributed by atoms with E-state index in [1.807, 2.05) is 30.5 Å². The topological polar surface area (TPSA) is 42.4 Å². The number of piperidine rings is 1. The van der Waals surface area contributed by atoms with E-state index in [9.17, 15) is 4.79 Å². The smallest absolute Gasteiger partial charge is 0.233 e. The summed E-state index contributed by atoms with van der Waals surface area (Å²) >= 11 is 6.11. The van der Waals surface area contributed by atoms with Crippen molar-refractivity contribution in [2.45, 2.75) is 62.9 Å². The molecule has 5 heteroatoms. The summed E-state index contributed by atoms with van der Waals surface area (Å²) in [6.45, 7) is 2.50. The summed E-state index contributed by atoms with van der Waals surface area (Å²) in [7, 11) is 0. The monoisotopic (exact) mass is 438 g/mol. The van der Waals surface area contributed by atoms with Crippen LogP contribution in [0.1, 0.15) is 56.2 Å². The number of amides is 1. The van der Waals surface area contributed by atoms with Gasteiger partial charge in [0.25, 0.3) is 0 Å². The Morgan fingerprint density at radius 2 is 1.81 bits per heavy atom. The lowest BCUT2D eigenvalue weighted by molar-refractivity contribution is -0.139. The molecule has 3 aliphatic rings. The Morgan fingerprint density at radius 3 is 2.48 bits per heavy atom. The average Bonchev–Trinajstić information content (AvgIpc) is 3.44. The first-order valence-electron chi connectivity index (χ1n) is 11.7. The van der Waals surface area contributed by atoms with E-state index < -0.39 is 0 Å². The van der Waals surface area contributed by atoms with Crippen LogP contribution in [0.4, 0.5) is 0 Å². The Labute approximate surface area is 190 Å². The van der Waals surface area contributed by atoms with Gasteiger partial charge in [0.15, 0.2) is 0 Å². The van der Waals surface area contributed by atoms with Crippen molar-refractivity contribution in [1.82, 2.24) is 9.88 Å². The van der Waals surface area contributed by atoms with Gasteiger partial charge in [-0.2, -0.15) is 0 Å². The van der Waals surface area contributed by atoms with Crippen LogP contribution < -0.4 is 0 Å². The van der Waals surface area contributed by atoms with Gasteiger partial charge in [0.05, 0.1) is 18.1 Å². The zero-order valence-electron chi connectivity index (χ0n) is 18.1. The number of rotatable bonds is 4. The summed E-state index contributed by atoms with van der Waals surface area (Å²) < 4.78 is 6.19. The predicted molar refractivity (Wildman–Crippen MR) is 122 cm³/mol. The van der Waals surface area contributed by atoms with E-state index in [-0.39, 0.29) is 16.9 Å². The number of halogens is 1. The molecule has 1 aliphatic carbocycles. The maximum atomic E-state index is 13.8. The lowest BCUT2D eigenvalue weighted by atomic mass is 9.74. The number of aromatic nitrogens is 1. The quantitative estimate of drug-likeness (QED) is 0.659. The average molecular weight is 439 g/mol. The third-order valence-corrected chi connectivity index (χ3v) is 8.08. The standard InChI is InChI=1S/C26H31ClN2O2/c27-21-8-6-20(7-9-21)26(10-2-3-11-26)24(30)29-15-12-25(13-16-29)18-23(31-19-25)17-22-5-1-4-14-28-22/h1,4-9,14,23H,2-3,10-13,15-19H2. The first kappa shape index (κ1) is 21.0. The highest BCUT2D eigenvalue weighted by Gasteiger charge is 2.48. The van der Waals surface area contributed by atoms with Crippen LogP contribution in [0.15, 0.2) is 48.7 Å². The molecular formula is C26H31ClN2O2. The van der Waals surface area contributed by atoms with Crippen molar-refractivity contribution in [3.63, 3.8) is 0 Å². The Kier molecular flexibility index (Phi) is 5.78. The number of carbonyl (C=O) groups is 1. The van der Waals surface area contributed by atoms with E-state index in [0.717, 1.165) is 87.3 Å². The molecule has 3 fully saturated rings. The molecule has 1 saturated carbocycles. The van der Waals surface area contributed by atoms with E-state index in [4.69, 9.17) is 16.3 Å². The van der Waals surface area contributed by atoms with Crippen LogP contribution in [-0.4, -0.2) is 41.6 Å². The third-order valence-electron chi connectivity index (χ3n) is 7.82. The van der Waals surface area contributed by atoms with Crippen LogP contribution in [-0.2, 0) is 21.4 Å². The maximum absolute atomic E-state index is 13.8. The third kappa shape index (κ3) is 4.12. The van der Waals surface area contributed by atoms with Gasteiger partial charge < -0.3 is 9.64 Å². The molecule has 1 unspecified atom stereocenters. The molecule has 1 atom stereocenters. The van der Waals surface area contributed by atoms with Crippen LogP contribution in [0.3, 0.4) is 0 Å². The lowest BCUT2D eigenvalue weighted by Crippen LogP contribution is -2.50. The van der Waals surface area contributed by atoms with Crippen molar-refractivity contribution in [3.8, 4) is 0 Å². The lowest BCUT2D eigenvalue weighted by Gasteiger charge is -2.42. The predicted octanol–water partition coefficient (Wildman–Crippen LogP) is 5.19. The zero-order chi connectivity index (χ0) is 21.3. The molecule has 2 aliphatic heterocycles. The largest absolute Gasteiger partial charge is 0.377 e. The zero-order valence-corrected chi connectivity index (χ0v) is 18.8. The molecule has 0 N–H and O–H groups in total. The van der Waals surface area contributed by atoms with Crippen LogP contribution >= 0.6 is 11.6 Å². The fourth-order valence-electron chi connectivity index (χ4n) is 5.99. The van der Waals surface area contributed by atoms with Gasteiger partial charge in [-0.05, 0) is 67.3 Å². The summed E-state index contributed by atoms with van der Waals surface area (Å²) in [4.78, 5) is 20.4. The van der Waals surface area contributed by atoms with Crippen molar-refractivity contribution in [2.75, 3.05) is 19.7 Å². The minimum absolute atomic E-state index is 0.222. The summed E-state index contributed by atoms with van der Waals surface area (Å²) in [5.41, 5.74) is 2.10. The number of carbonyl (C=O) groups excluding carboxylic acids is 1. The second-order valence-electron chi connectivity index (χ2n) is 9.75. The second-order valence-corrected chi connectivity index (χ2v) is 10.2. The molecule has 4 nitrogen and oxygen atoms in total. The Balaban J connectivity index is 1.24. The second kappa shape index (κ2) is 8.55. The van der Waals surface area contributed by atoms with E-state index in [1.165, 1.54) is 0 Å². The number of likely N-dealkylation sites (tertiary alicyclic amines) is 1. The highest BCUT2D eigenvalue weighted by Crippen LogP contribution is 2.46. The molecule has 0 radical (unpaired) electrons. The van der Waals surface area contributed by atoms with Gasteiger partial charge in [-0.15, -0.1) is 0 Å². The van der Waals surface area contributed by atoms with Gasteiger partial charge in [0, 0.05) is 36.4 Å². The SMILES string of the molecule is O=C(N1CCC2(CC1)COC(Cc1ccccn1)C2)C1(c2ccc(Cl)cc2)CCCC1. The van der Waals surface area contributed by atoms with Crippen molar-refractivity contribution in [3.05, 3.63) is 64.9 Å². The molecule has 1 amide bonds. The highest BCUT2D eigenvalue weighted by atomic mass is 35.5. The first-order valence-corrected chi connectivity index (χ1v) is 12.0. The van der Waals surface area contributed by atoms with Crippen molar-refractivity contribution < 1.29 is 9.53 Å². The number of benzene rings is 1. The molecule has 0 bridgehead atoms. The number of nitrogens with zero attached hydrogens (tertiary/aromatic N) is 2. The summed E-state index contributed by atoms with van der Waals surface area (Å²) in [5.74, 6) is 0.325. The van der Waals surface area contributed by atoms with Crippen molar-refractivity contribution in [1.29, 1.82) is 0 Å². The Hall–Kier alpha value is -1.91. The maximum Gasteiger partial charge on any atom is 0.233 e. The molecular weight excluding hydrogens is 408 g/mol. The van der Waals surface area contributed by atoms with Crippen molar-refractivity contribution >= 4 is 17.5 Å². The van der Waals surface area contributed by atoms with E-state index >= 15 is 0 Å². The molecule has 164 valence electrons. The Morgan fingerprint density at radius 1 is 1.06 bits per heavy atom. The summed E-state index contributed by atoms with van der Waals surface area (Å²) in [6.07, 6.45) is 10.3. The van der Waals surface area contributed by atoms with Crippen LogP contribution in [0.5, 0.6) is 0 Å². The van der Waals surface area contributed by atoms with Gasteiger partial charge in [-0.25, -0.2) is 0 Å². The van der Waals surface area contributed by atoms with Crippen LogP contribution in [0.25, 0.3) is 0 Å². The minimum Gasteiger partial charge on any atom is -0.377 e. The molecule has 2 saturated heterocycles. The normalized spacial score (nSPS) is 24.5. The van der Waals surface area contributed by atoms with Crippen LogP contribution in [0.2, 0.25) is 5.02 Å². The number of pyridine rings is 1. The van der Waals surface area contributed by atoms with Gasteiger partial charge in [0.1, 0.15) is 0 Å². The molecule has 5 rings (SSSR count). The first-order chi connectivity index (χ1) is 15.1. The Bertz CT molecular complexity index is 901. The molecule has 1 aromatic heterocycles. The summed E-state index contributed by atoms with van der Waals surface area (Å²) in [6, 6.07) is 14.0. The molecule has 31 heavy (non-hydrogen) atoms. The summed E-state index contributed by atoms with van der Waals surface area (Å²) in [5, 5.41) is 0.728. The van der Waals surface area contributed by atoms with E-state index in [0.29, 0.717) is 5.91 Å². The molecule has 1 aromatic carbocycles. The minimum atomic E-state index is -0.358. The van der Waals surface area contributed by atoms with Gasteiger partial charge in [0.2, 0.25) is 5.91 Å². The van der Waals surface area contributed by atoms with Crippen LogP contribution in [0, 0.1) is 5.41 Å². The fraction of sp³-hybridized carbons (Fsp3) is 0.538. The van der Waals surface area contributed by atoms with Gasteiger partial charge in [-0.1, -0.05) is 42.6 Å². The number of ether oxygens (including phenoxy) is 1. The van der Waals surface area contributed by atoms with E-state index in [1.54, 1.807) is 0 Å². The fourth-order valence-corrected chi connectivity index (χ4v) is 6.11. The highest BCUT2D eigenvalue weighted by molar-refractivity contribution is 6.30. The van der Waals surface area contributed by atoms with Gasteiger partial charge >= 0.3 is 0 Å². The number of hydrogen-bond acceptors (Lipinski definition) is 3. The molecule has 2 aromatic rings.